The van der Waals surface area contributed by atoms with E-state index in [1.807, 2.05) is 17.9 Å². The van der Waals surface area contributed by atoms with E-state index in [0.717, 1.165) is 31.4 Å². The van der Waals surface area contributed by atoms with Crippen molar-refractivity contribution in [2.24, 2.45) is 0 Å². The third-order valence-corrected chi connectivity index (χ3v) is 6.14. The second-order valence-corrected chi connectivity index (χ2v) is 8.17. The van der Waals surface area contributed by atoms with Crippen molar-refractivity contribution in [3.63, 3.8) is 0 Å². The van der Waals surface area contributed by atoms with Crippen molar-refractivity contribution in [3.8, 4) is 6.07 Å². The lowest BCUT2D eigenvalue weighted by atomic mass is 9.94. The molecule has 0 bridgehead atoms. The van der Waals surface area contributed by atoms with Crippen molar-refractivity contribution in [2.45, 2.75) is 38.6 Å². The summed E-state index contributed by atoms with van der Waals surface area (Å²) in [5.74, 6) is 0.943. The van der Waals surface area contributed by atoms with Gasteiger partial charge in [-0.15, -0.1) is 0 Å². The van der Waals surface area contributed by atoms with Gasteiger partial charge in [-0.25, -0.2) is 13.4 Å². The molecule has 1 aromatic heterocycles. The summed E-state index contributed by atoms with van der Waals surface area (Å²) in [6, 6.07) is 4.05. The lowest BCUT2D eigenvalue weighted by Gasteiger charge is -2.35. The van der Waals surface area contributed by atoms with Gasteiger partial charge in [0.05, 0.1) is 17.1 Å². The molecule has 0 saturated carbocycles. The fourth-order valence-corrected chi connectivity index (χ4v) is 4.79. The Labute approximate surface area is 125 Å². The van der Waals surface area contributed by atoms with Crippen molar-refractivity contribution in [1.29, 1.82) is 5.26 Å². The number of nitriles is 1. The zero-order chi connectivity index (χ0) is 15.0. The van der Waals surface area contributed by atoms with E-state index in [0.29, 0.717) is 17.9 Å². The minimum atomic E-state index is -2.96. The van der Waals surface area contributed by atoms with Gasteiger partial charge in [0.2, 0.25) is 0 Å². The molecule has 0 aromatic carbocycles. The van der Waals surface area contributed by atoms with Gasteiger partial charge in [-0.05, 0) is 44.2 Å². The van der Waals surface area contributed by atoms with E-state index in [2.05, 4.69) is 6.07 Å². The van der Waals surface area contributed by atoms with Gasteiger partial charge in [0, 0.05) is 18.3 Å². The van der Waals surface area contributed by atoms with E-state index >= 15 is 0 Å². The number of sulfone groups is 1. The maximum Gasteiger partial charge on any atom is 0.154 e. The van der Waals surface area contributed by atoms with E-state index in [1.54, 1.807) is 0 Å². The average molecular weight is 305 g/mol. The van der Waals surface area contributed by atoms with Gasteiger partial charge in [-0.1, -0.05) is 0 Å². The Balaban J connectivity index is 2.00. The third kappa shape index (κ3) is 2.75. The summed E-state index contributed by atoms with van der Waals surface area (Å²) in [6.45, 7) is 2.31. The molecule has 0 amide bonds. The standard InChI is InChI=1S/C15H19N3O2S/c1-11-10-21(19,20)7-6-18(11)15-13(9-16)8-12-4-2-3-5-14(12)17-15/h8,11H,2-7,10H2,1H3. The largest absolute Gasteiger partial charge is 0.351 e. The highest BCUT2D eigenvalue weighted by atomic mass is 32.2. The van der Waals surface area contributed by atoms with Crippen LogP contribution in [0.15, 0.2) is 6.07 Å². The van der Waals surface area contributed by atoms with Crippen LogP contribution in [0.25, 0.3) is 0 Å². The number of anilines is 1. The second kappa shape index (κ2) is 5.30. The minimum absolute atomic E-state index is 0.134. The smallest absolute Gasteiger partial charge is 0.154 e. The molecule has 2 heterocycles. The third-order valence-electron chi connectivity index (χ3n) is 4.34. The molecule has 1 aromatic rings. The fourth-order valence-electron chi connectivity index (χ4n) is 3.24. The zero-order valence-electron chi connectivity index (χ0n) is 12.2. The van der Waals surface area contributed by atoms with Gasteiger partial charge in [-0.2, -0.15) is 5.26 Å². The molecule has 2 aliphatic rings. The Morgan fingerprint density at radius 3 is 2.86 bits per heavy atom. The Kier molecular flexibility index (Phi) is 3.62. The Morgan fingerprint density at radius 1 is 1.38 bits per heavy atom. The van der Waals surface area contributed by atoms with Crippen LogP contribution in [0.2, 0.25) is 0 Å². The van der Waals surface area contributed by atoms with Crippen molar-refractivity contribution in [3.05, 3.63) is 22.9 Å². The van der Waals surface area contributed by atoms with E-state index in [-0.39, 0.29) is 17.5 Å². The van der Waals surface area contributed by atoms with Gasteiger partial charge in [0.1, 0.15) is 11.9 Å². The van der Waals surface area contributed by atoms with E-state index in [1.165, 1.54) is 5.56 Å². The minimum Gasteiger partial charge on any atom is -0.351 e. The molecule has 112 valence electrons. The van der Waals surface area contributed by atoms with Crippen molar-refractivity contribution >= 4 is 15.7 Å². The van der Waals surface area contributed by atoms with Crippen molar-refractivity contribution < 1.29 is 8.42 Å². The molecular formula is C15H19N3O2S. The number of nitrogens with zero attached hydrogens (tertiary/aromatic N) is 3. The lowest BCUT2D eigenvalue weighted by molar-refractivity contribution is 0.565. The van der Waals surface area contributed by atoms with Crippen LogP contribution in [-0.4, -0.2) is 37.5 Å². The number of fused-ring (bicyclic) bond motifs is 1. The predicted molar refractivity (Wildman–Crippen MR) is 81.1 cm³/mol. The van der Waals surface area contributed by atoms with Crippen LogP contribution in [0.4, 0.5) is 5.82 Å². The van der Waals surface area contributed by atoms with Crippen LogP contribution < -0.4 is 4.90 Å². The highest BCUT2D eigenvalue weighted by Crippen LogP contribution is 2.28. The highest BCUT2D eigenvalue weighted by Gasteiger charge is 2.31. The van der Waals surface area contributed by atoms with Crippen molar-refractivity contribution in [2.75, 3.05) is 23.0 Å². The molecule has 6 heteroatoms. The maximum atomic E-state index is 11.7. The highest BCUT2D eigenvalue weighted by molar-refractivity contribution is 7.91. The van der Waals surface area contributed by atoms with Gasteiger partial charge in [0.15, 0.2) is 9.84 Å². The molecule has 1 aliphatic carbocycles. The first kappa shape index (κ1) is 14.3. The molecular weight excluding hydrogens is 286 g/mol. The molecule has 5 nitrogen and oxygen atoms in total. The van der Waals surface area contributed by atoms with Crippen LogP contribution in [0.1, 0.15) is 36.6 Å². The van der Waals surface area contributed by atoms with Crippen molar-refractivity contribution in [1.82, 2.24) is 4.98 Å². The summed E-state index contributed by atoms with van der Waals surface area (Å²) >= 11 is 0. The molecule has 21 heavy (non-hydrogen) atoms. The number of rotatable bonds is 1. The molecule has 1 saturated heterocycles. The monoisotopic (exact) mass is 305 g/mol. The second-order valence-electron chi connectivity index (χ2n) is 5.94. The first-order chi connectivity index (χ1) is 10.00. The van der Waals surface area contributed by atoms with E-state index < -0.39 is 9.84 Å². The van der Waals surface area contributed by atoms with Gasteiger partial charge in [0.25, 0.3) is 0 Å². The number of pyridine rings is 1. The SMILES string of the molecule is CC1CS(=O)(=O)CCN1c1nc2c(cc1C#N)CCCC2. The summed E-state index contributed by atoms with van der Waals surface area (Å²) in [5, 5.41) is 9.40. The van der Waals surface area contributed by atoms with E-state index in [9.17, 15) is 13.7 Å². The quantitative estimate of drug-likeness (QED) is 0.785. The van der Waals surface area contributed by atoms with Crippen LogP contribution in [-0.2, 0) is 22.7 Å². The van der Waals surface area contributed by atoms with Crippen LogP contribution in [0.3, 0.4) is 0 Å². The molecule has 0 spiro atoms. The number of aromatic nitrogens is 1. The lowest BCUT2D eigenvalue weighted by Crippen LogP contribution is -2.47. The molecule has 0 radical (unpaired) electrons. The summed E-state index contributed by atoms with van der Waals surface area (Å²) in [4.78, 5) is 6.70. The number of aryl methyl sites for hydroxylation is 2. The van der Waals surface area contributed by atoms with Gasteiger partial charge < -0.3 is 4.90 Å². The Hall–Kier alpha value is -1.61. The number of hydrogen-bond donors (Lipinski definition) is 0. The molecule has 1 fully saturated rings. The summed E-state index contributed by atoms with van der Waals surface area (Å²) in [5.41, 5.74) is 2.83. The summed E-state index contributed by atoms with van der Waals surface area (Å²) < 4.78 is 23.4. The average Bonchev–Trinajstić information content (AvgIpc) is 2.45. The maximum absolute atomic E-state index is 11.7. The number of hydrogen-bond acceptors (Lipinski definition) is 5. The summed E-state index contributed by atoms with van der Waals surface area (Å²) in [6.07, 6.45) is 4.22. The van der Waals surface area contributed by atoms with E-state index in [4.69, 9.17) is 4.98 Å². The normalized spacial score (nSPS) is 24.2. The Morgan fingerprint density at radius 2 is 2.14 bits per heavy atom. The Bertz CT molecular complexity index is 706. The van der Waals surface area contributed by atoms with Gasteiger partial charge in [-0.3, -0.25) is 0 Å². The first-order valence-corrected chi connectivity index (χ1v) is 9.22. The topological polar surface area (TPSA) is 74.1 Å². The molecule has 3 rings (SSSR count). The molecule has 0 N–H and O–H groups in total. The molecule has 1 atom stereocenters. The predicted octanol–water partition coefficient (Wildman–Crippen LogP) is 1.46. The molecule has 1 unspecified atom stereocenters. The van der Waals surface area contributed by atoms with Gasteiger partial charge >= 0.3 is 0 Å². The summed E-state index contributed by atoms with van der Waals surface area (Å²) in [7, 11) is -2.96. The van der Waals surface area contributed by atoms with Crippen LogP contribution in [0.5, 0.6) is 0 Å². The first-order valence-electron chi connectivity index (χ1n) is 7.40. The molecule has 1 aliphatic heterocycles. The fraction of sp³-hybridized carbons (Fsp3) is 0.600. The van der Waals surface area contributed by atoms with Crippen LogP contribution >= 0.6 is 0 Å². The van der Waals surface area contributed by atoms with Crippen LogP contribution in [0, 0.1) is 11.3 Å². The zero-order valence-corrected chi connectivity index (χ0v) is 13.0.